The Bertz CT molecular complexity index is 452. The van der Waals surface area contributed by atoms with Crippen LogP contribution < -0.4 is 4.74 Å². The van der Waals surface area contributed by atoms with E-state index in [0.29, 0.717) is 22.9 Å². The van der Waals surface area contributed by atoms with E-state index in [2.05, 4.69) is 6.07 Å². The van der Waals surface area contributed by atoms with Crippen LogP contribution in [0.3, 0.4) is 0 Å². The molecule has 0 fully saturated rings. The normalized spacial score (nSPS) is 11.1. The SMILES string of the molecule is CC(C)(C#N)CCCCOc1ccc(Cl)cc1CO. The van der Waals surface area contributed by atoms with Crippen molar-refractivity contribution in [2.75, 3.05) is 6.61 Å². The number of ether oxygens (including phenoxy) is 1. The topological polar surface area (TPSA) is 53.2 Å². The maximum atomic E-state index is 9.21. The molecule has 0 aliphatic heterocycles. The summed E-state index contributed by atoms with van der Waals surface area (Å²) in [5, 5.41) is 18.7. The fourth-order valence-corrected chi connectivity index (χ4v) is 1.91. The molecular formula is C15H20ClNO2. The third kappa shape index (κ3) is 5.50. The summed E-state index contributed by atoms with van der Waals surface area (Å²) in [5.74, 6) is 0.673. The second-order valence-electron chi connectivity index (χ2n) is 5.21. The van der Waals surface area contributed by atoms with Crippen LogP contribution in [-0.2, 0) is 6.61 Å². The van der Waals surface area contributed by atoms with Crippen LogP contribution in [0.15, 0.2) is 18.2 Å². The van der Waals surface area contributed by atoms with Crippen LogP contribution in [0.25, 0.3) is 0 Å². The van der Waals surface area contributed by atoms with Gasteiger partial charge in [-0.3, -0.25) is 0 Å². The van der Waals surface area contributed by atoms with Crippen molar-refractivity contribution in [2.24, 2.45) is 5.41 Å². The molecule has 0 radical (unpaired) electrons. The fourth-order valence-electron chi connectivity index (χ4n) is 1.72. The van der Waals surface area contributed by atoms with Gasteiger partial charge in [-0.15, -0.1) is 0 Å². The molecule has 0 amide bonds. The molecule has 0 aliphatic carbocycles. The molecule has 0 atom stereocenters. The molecule has 0 saturated carbocycles. The van der Waals surface area contributed by atoms with Crippen molar-refractivity contribution in [2.45, 2.75) is 39.7 Å². The van der Waals surface area contributed by atoms with E-state index in [1.165, 1.54) is 0 Å². The Labute approximate surface area is 119 Å². The number of aliphatic hydroxyl groups excluding tert-OH is 1. The molecule has 1 aromatic carbocycles. The number of aliphatic hydroxyl groups is 1. The van der Waals surface area contributed by atoms with Crippen LogP contribution in [0.2, 0.25) is 5.02 Å². The molecule has 0 bridgehead atoms. The van der Waals surface area contributed by atoms with E-state index in [-0.39, 0.29) is 12.0 Å². The van der Waals surface area contributed by atoms with Crippen LogP contribution in [0.1, 0.15) is 38.7 Å². The minimum atomic E-state index is -0.267. The zero-order valence-corrected chi connectivity index (χ0v) is 12.2. The number of benzene rings is 1. The van der Waals surface area contributed by atoms with Gasteiger partial charge in [-0.1, -0.05) is 11.6 Å². The van der Waals surface area contributed by atoms with Crippen molar-refractivity contribution in [3.05, 3.63) is 28.8 Å². The van der Waals surface area contributed by atoms with Gasteiger partial charge >= 0.3 is 0 Å². The van der Waals surface area contributed by atoms with E-state index < -0.39 is 0 Å². The molecular weight excluding hydrogens is 262 g/mol. The lowest BCUT2D eigenvalue weighted by Gasteiger charge is -2.15. The summed E-state index contributed by atoms with van der Waals surface area (Å²) in [5.41, 5.74) is 0.432. The first kappa shape index (κ1) is 15.8. The standard InChI is InChI=1S/C15H20ClNO2/c1-15(2,11-17)7-3-4-8-19-14-6-5-13(16)9-12(14)10-18/h5-6,9,18H,3-4,7-8,10H2,1-2H3. The lowest BCUT2D eigenvalue weighted by Crippen LogP contribution is -2.08. The van der Waals surface area contributed by atoms with Gasteiger partial charge in [0.15, 0.2) is 0 Å². The van der Waals surface area contributed by atoms with Gasteiger partial charge in [-0.05, 0) is 51.3 Å². The van der Waals surface area contributed by atoms with Crippen LogP contribution in [0.5, 0.6) is 5.75 Å². The molecule has 1 aromatic rings. The van der Waals surface area contributed by atoms with E-state index in [1.807, 2.05) is 13.8 Å². The number of hydrogen-bond acceptors (Lipinski definition) is 3. The highest BCUT2D eigenvalue weighted by molar-refractivity contribution is 6.30. The van der Waals surface area contributed by atoms with Crippen molar-refractivity contribution < 1.29 is 9.84 Å². The molecule has 104 valence electrons. The summed E-state index contributed by atoms with van der Waals surface area (Å²) in [4.78, 5) is 0. The van der Waals surface area contributed by atoms with Gasteiger partial charge in [0.1, 0.15) is 5.75 Å². The highest BCUT2D eigenvalue weighted by Crippen LogP contribution is 2.24. The van der Waals surface area contributed by atoms with E-state index in [9.17, 15) is 5.11 Å². The lowest BCUT2D eigenvalue weighted by atomic mass is 9.89. The Morgan fingerprint density at radius 1 is 1.37 bits per heavy atom. The highest BCUT2D eigenvalue weighted by Gasteiger charge is 2.15. The second-order valence-corrected chi connectivity index (χ2v) is 5.65. The Kier molecular flexibility index (Phi) is 6.14. The van der Waals surface area contributed by atoms with Crippen LogP contribution in [0.4, 0.5) is 0 Å². The highest BCUT2D eigenvalue weighted by atomic mass is 35.5. The number of unbranched alkanes of at least 4 members (excludes halogenated alkanes) is 1. The Hall–Kier alpha value is -1.24. The van der Waals surface area contributed by atoms with Crippen molar-refractivity contribution in [1.29, 1.82) is 5.26 Å². The third-order valence-corrected chi connectivity index (χ3v) is 3.18. The molecule has 3 nitrogen and oxygen atoms in total. The summed E-state index contributed by atoms with van der Waals surface area (Å²) in [7, 11) is 0. The summed E-state index contributed by atoms with van der Waals surface area (Å²) in [6.07, 6.45) is 2.70. The lowest BCUT2D eigenvalue weighted by molar-refractivity contribution is 0.258. The molecule has 19 heavy (non-hydrogen) atoms. The molecule has 4 heteroatoms. The summed E-state index contributed by atoms with van der Waals surface area (Å²) >= 11 is 5.85. The van der Waals surface area contributed by atoms with Gasteiger partial charge in [0, 0.05) is 10.6 Å². The molecule has 1 N–H and O–H groups in total. The first-order chi connectivity index (χ1) is 8.98. The average Bonchev–Trinajstić information content (AvgIpc) is 2.39. The maximum absolute atomic E-state index is 9.21. The first-order valence-electron chi connectivity index (χ1n) is 6.42. The zero-order chi connectivity index (χ0) is 14.3. The Morgan fingerprint density at radius 2 is 2.11 bits per heavy atom. The van der Waals surface area contributed by atoms with Gasteiger partial charge in [-0.2, -0.15) is 5.26 Å². The Balaban J connectivity index is 2.36. The number of nitriles is 1. The van der Waals surface area contributed by atoms with Crippen molar-refractivity contribution in [1.82, 2.24) is 0 Å². The molecule has 0 heterocycles. The summed E-state index contributed by atoms with van der Waals surface area (Å²) < 4.78 is 5.63. The number of hydrogen-bond donors (Lipinski definition) is 1. The molecule has 0 aromatic heterocycles. The Morgan fingerprint density at radius 3 is 2.74 bits per heavy atom. The van der Waals surface area contributed by atoms with Crippen molar-refractivity contribution in [3.63, 3.8) is 0 Å². The zero-order valence-electron chi connectivity index (χ0n) is 11.4. The van der Waals surface area contributed by atoms with Gasteiger partial charge in [0.05, 0.1) is 24.7 Å². The van der Waals surface area contributed by atoms with E-state index in [4.69, 9.17) is 21.6 Å². The monoisotopic (exact) mass is 281 g/mol. The molecule has 0 spiro atoms. The number of rotatable bonds is 7. The third-order valence-electron chi connectivity index (χ3n) is 2.95. The minimum Gasteiger partial charge on any atom is -0.493 e. The van der Waals surface area contributed by atoms with Crippen molar-refractivity contribution in [3.8, 4) is 11.8 Å². The molecule has 0 saturated heterocycles. The predicted molar refractivity (Wildman–Crippen MR) is 76.1 cm³/mol. The fraction of sp³-hybridized carbons (Fsp3) is 0.533. The van der Waals surface area contributed by atoms with E-state index >= 15 is 0 Å². The quantitative estimate of drug-likeness (QED) is 0.771. The average molecular weight is 282 g/mol. The predicted octanol–water partition coefficient (Wildman–Crippen LogP) is 3.93. The van der Waals surface area contributed by atoms with Crippen LogP contribution >= 0.6 is 11.6 Å². The number of nitrogens with zero attached hydrogens (tertiary/aromatic N) is 1. The summed E-state index contributed by atoms with van der Waals surface area (Å²) in [6.45, 7) is 4.38. The number of halogens is 1. The minimum absolute atomic E-state index is 0.0860. The van der Waals surface area contributed by atoms with Gasteiger partial charge in [0.25, 0.3) is 0 Å². The van der Waals surface area contributed by atoms with Crippen LogP contribution in [-0.4, -0.2) is 11.7 Å². The maximum Gasteiger partial charge on any atom is 0.124 e. The summed E-state index contributed by atoms with van der Waals surface area (Å²) in [6, 6.07) is 7.51. The van der Waals surface area contributed by atoms with E-state index in [0.717, 1.165) is 19.3 Å². The van der Waals surface area contributed by atoms with Gasteiger partial charge < -0.3 is 9.84 Å². The smallest absolute Gasteiger partial charge is 0.124 e. The molecule has 0 unspecified atom stereocenters. The first-order valence-corrected chi connectivity index (χ1v) is 6.79. The van der Waals surface area contributed by atoms with Crippen LogP contribution in [0, 0.1) is 16.7 Å². The second kappa shape index (κ2) is 7.37. The van der Waals surface area contributed by atoms with E-state index in [1.54, 1.807) is 18.2 Å². The van der Waals surface area contributed by atoms with Gasteiger partial charge in [-0.25, -0.2) is 0 Å². The van der Waals surface area contributed by atoms with Gasteiger partial charge in [0.2, 0.25) is 0 Å². The molecule has 1 rings (SSSR count). The molecule has 0 aliphatic rings. The van der Waals surface area contributed by atoms with Crippen molar-refractivity contribution >= 4 is 11.6 Å². The largest absolute Gasteiger partial charge is 0.493 e.